The molecule has 1 aliphatic heterocycles. The highest BCUT2D eigenvalue weighted by molar-refractivity contribution is 5.88. The zero-order valence-electron chi connectivity index (χ0n) is 8.25. The summed E-state index contributed by atoms with van der Waals surface area (Å²) in [4.78, 5) is 11.7. The molecule has 1 saturated heterocycles. The number of carbonyl (C=O) groups is 1. The van der Waals surface area contributed by atoms with E-state index in [2.05, 4.69) is 11.4 Å². The van der Waals surface area contributed by atoms with E-state index in [1.807, 2.05) is 6.92 Å². The molecule has 4 nitrogen and oxygen atoms in total. The summed E-state index contributed by atoms with van der Waals surface area (Å²) < 4.78 is 5.34. The molecule has 4 heteroatoms. The average Bonchev–Trinajstić information content (AvgIpc) is 2.89. The van der Waals surface area contributed by atoms with Crippen molar-refractivity contribution in [1.82, 2.24) is 5.32 Å². The zero-order chi connectivity index (χ0) is 10.2. The maximum Gasteiger partial charge on any atom is 0.240 e. The lowest BCUT2D eigenvalue weighted by molar-refractivity contribution is -0.125. The Morgan fingerprint density at radius 1 is 1.64 bits per heavy atom. The lowest BCUT2D eigenvalue weighted by Gasteiger charge is -2.17. The third kappa shape index (κ3) is 1.48. The van der Waals surface area contributed by atoms with Crippen LogP contribution in [0.3, 0.4) is 0 Å². The van der Waals surface area contributed by atoms with Crippen LogP contribution in [0.4, 0.5) is 0 Å². The van der Waals surface area contributed by atoms with E-state index >= 15 is 0 Å². The molecule has 0 radical (unpaired) electrons. The molecule has 1 aliphatic carbocycles. The van der Waals surface area contributed by atoms with Crippen LogP contribution in [0.5, 0.6) is 0 Å². The van der Waals surface area contributed by atoms with Crippen LogP contribution in [0.1, 0.15) is 26.2 Å². The van der Waals surface area contributed by atoms with Gasteiger partial charge in [0.15, 0.2) is 0 Å². The molecule has 2 atom stereocenters. The van der Waals surface area contributed by atoms with Crippen molar-refractivity contribution in [3.63, 3.8) is 0 Å². The normalized spacial score (nSPS) is 33.4. The van der Waals surface area contributed by atoms with Crippen molar-refractivity contribution in [1.29, 1.82) is 5.26 Å². The summed E-state index contributed by atoms with van der Waals surface area (Å²) in [6.45, 7) is 2.65. The first kappa shape index (κ1) is 9.47. The van der Waals surface area contributed by atoms with Crippen LogP contribution in [0.25, 0.3) is 0 Å². The standard InChI is InChI=1S/C10H14N2O2/c1-7-8(2-5-14-7)12-9(13)10(6-11)3-4-10/h7-8H,2-5H2,1H3,(H,12,13). The fourth-order valence-corrected chi connectivity index (χ4v) is 1.74. The summed E-state index contributed by atoms with van der Waals surface area (Å²) in [5.74, 6) is -0.109. The summed E-state index contributed by atoms with van der Waals surface area (Å²) in [6, 6.07) is 2.18. The molecule has 1 amide bonds. The van der Waals surface area contributed by atoms with Crippen LogP contribution in [0.2, 0.25) is 0 Å². The van der Waals surface area contributed by atoms with Gasteiger partial charge in [0.2, 0.25) is 5.91 Å². The first-order chi connectivity index (χ1) is 6.68. The molecule has 1 heterocycles. The van der Waals surface area contributed by atoms with Gasteiger partial charge in [0.1, 0.15) is 5.41 Å². The van der Waals surface area contributed by atoms with E-state index in [1.54, 1.807) is 0 Å². The maximum atomic E-state index is 11.7. The molecule has 1 saturated carbocycles. The number of amides is 1. The molecule has 2 aliphatic rings. The average molecular weight is 194 g/mol. The van der Waals surface area contributed by atoms with Crippen molar-refractivity contribution in [3.8, 4) is 6.07 Å². The van der Waals surface area contributed by atoms with E-state index in [4.69, 9.17) is 10.00 Å². The molecule has 0 bridgehead atoms. The number of hydrogen-bond acceptors (Lipinski definition) is 3. The first-order valence-electron chi connectivity index (χ1n) is 5.02. The third-order valence-electron chi connectivity index (χ3n) is 3.09. The number of carbonyl (C=O) groups excluding carboxylic acids is 1. The Hall–Kier alpha value is -1.08. The summed E-state index contributed by atoms with van der Waals surface area (Å²) >= 11 is 0. The number of ether oxygens (including phenoxy) is 1. The van der Waals surface area contributed by atoms with E-state index in [0.717, 1.165) is 6.42 Å². The van der Waals surface area contributed by atoms with Crippen LogP contribution >= 0.6 is 0 Å². The third-order valence-corrected chi connectivity index (χ3v) is 3.09. The summed E-state index contributed by atoms with van der Waals surface area (Å²) in [7, 11) is 0. The second-order valence-electron chi connectivity index (χ2n) is 4.14. The summed E-state index contributed by atoms with van der Waals surface area (Å²) in [5, 5.41) is 11.7. The molecule has 0 aromatic carbocycles. The van der Waals surface area contributed by atoms with E-state index in [0.29, 0.717) is 19.4 Å². The minimum absolute atomic E-state index is 0.0773. The molecule has 0 aromatic heterocycles. The molecule has 14 heavy (non-hydrogen) atoms. The maximum absolute atomic E-state index is 11.7. The van der Waals surface area contributed by atoms with Crippen LogP contribution in [-0.4, -0.2) is 24.7 Å². The van der Waals surface area contributed by atoms with Crippen molar-refractivity contribution < 1.29 is 9.53 Å². The zero-order valence-corrected chi connectivity index (χ0v) is 8.25. The van der Waals surface area contributed by atoms with E-state index in [1.165, 1.54) is 0 Å². The number of nitrogens with one attached hydrogen (secondary N) is 1. The van der Waals surface area contributed by atoms with Gasteiger partial charge in [-0.2, -0.15) is 5.26 Å². The van der Waals surface area contributed by atoms with Gasteiger partial charge in [0.05, 0.1) is 18.2 Å². The predicted octanol–water partition coefficient (Wildman–Crippen LogP) is 0.584. The fourth-order valence-electron chi connectivity index (χ4n) is 1.74. The Morgan fingerprint density at radius 3 is 2.79 bits per heavy atom. The molecule has 0 aromatic rings. The number of rotatable bonds is 2. The highest BCUT2D eigenvalue weighted by Crippen LogP contribution is 2.45. The highest BCUT2D eigenvalue weighted by Gasteiger charge is 2.51. The van der Waals surface area contributed by atoms with Gasteiger partial charge in [-0.05, 0) is 26.2 Å². The minimum atomic E-state index is -0.706. The van der Waals surface area contributed by atoms with E-state index in [9.17, 15) is 4.79 Å². The smallest absolute Gasteiger partial charge is 0.240 e. The second-order valence-corrected chi connectivity index (χ2v) is 4.14. The van der Waals surface area contributed by atoms with Gasteiger partial charge in [0, 0.05) is 6.61 Å². The highest BCUT2D eigenvalue weighted by atomic mass is 16.5. The van der Waals surface area contributed by atoms with Crippen LogP contribution in [0, 0.1) is 16.7 Å². The predicted molar refractivity (Wildman–Crippen MR) is 49.2 cm³/mol. The topological polar surface area (TPSA) is 62.1 Å². The van der Waals surface area contributed by atoms with E-state index in [-0.39, 0.29) is 18.1 Å². The van der Waals surface area contributed by atoms with Gasteiger partial charge in [-0.25, -0.2) is 0 Å². The van der Waals surface area contributed by atoms with Gasteiger partial charge in [-0.1, -0.05) is 0 Å². The molecular formula is C10H14N2O2. The fraction of sp³-hybridized carbons (Fsp3) is 0.800. The van der Waals surface area contributed by atoms with Gasteiger partial charge in [-0.15, -0.1) is 0 Å². The van der Waals surface area contributed by atoms with Crippen molar-refractivity contribution in [2.75, 3.05) is 6.61 Å². The van der Waals surface area contributed by atoms with Crippen molar-refractivity contribution in [3.05, 3.63) is 0 Å². The molecular weight excluding hydrogens is 180 g/mol. The molecule has 0 spiro atoms. The second kappa shape index (κ2) is 3.25. The largest absolute Gasteiger partial charge is 0.376 e. The number of hydrogen-bond donors (Lipinski definition) is 1. The minimum Gasteiger partial charge on any atom is -0.376 e. The first-order valence-corrected chi connectivity index (χ1v) is 5.02. The number of nitriles is 1. The van der Waals surface area contributed by atoms with Crippen molar-refractivity contribution in [2.24, 2.45) is 5.41 Å². The Bertz CT molecular complexity index is 291. The SMILES string of the molecule is CC1OCCC1NC(=O)C1(C#N)CC1. The van der Waals surface area contributed by atoms with Crippen LogP contribution in [0.15, 0.2) is 0 Å². The van der Waals surface area contributed by atoms with Crippen LogP contribution in [-0.2, 0) is 9.53 Å². The quantitative estimate of drug-likeness (QED) is 0.699. The molecule has 2 fully saturated rings. The Balaban J connectivity index is 1.92. The summed E-state index contributed by atoms with van der Waals surface area (Å²) in [5.41, 5.74) is -0.706. The molecule has 2 rings (SSSR count). The van der Waals surface area contributed by atoms with Gasteiger partial charge in [-0.3, -0.25) is 4.79 Å². The molecule has 1 N–H and O–H groups in total. The van der Waals surface area contributed by atoms with Crippen molar-refractivity contribution >= 4 is 5.91 Å². The van der Waals surface area contributed by atoms with Gasteiger partial charge >= 0.3 is 0 Å². The van der Waals surface area contributed by atoms with Gasteiger partial charge < -0.3 is 10.1 Å². The lowest BCUT2D eigenvalue weighted by Crippen LogP contribution is -2.42. The molecule has 76 valence electrons. The Labute approximate surface area is 83.2 Å². The monoisotopic (exact) mass is 194 g/mol. The Morgan fingerprint density at radius 2 is 2.36 bits per heavy atom. The molecule has 2 unspecified atom stereocenters. The van der Waals surface area contributed by atoms with Crippen LogP contribution < -0.4 is 5.32 Å². The lowest BCUT2D eigenvalue weighted by atomic mass is 10.1. The number of nitrogens with zero attached hydrogens (tertiary/aromatic N) is 1. The van der Waals surface area contributed by atoms with E-state index < -0.39 is 5.41 Å². The van der Waals surface area contributed by atoms with Gasteiger partial charge in [0.25, 0.3) is 0 Å². The van der Waals surface area contributed by atoms with Crippen molar-refractivity contribution in [2.45, 2.75) is 38.3 Å². The summed E-state index contributed by atoms with van der Waals surface area (Å²) in [6.07, 6.45) is 2.34. The Kier molecular flexibility index (Phi) is 2.20.